The molecular formula is C7H7BrN2S. The van der Waals surface area contributed by atoms with Crippen LogP contribution in [0.15, 0.2) is 10.1 Å². The smallest absolute Gasteiger partial charge is 0.159 e. The molecule has 0 spiro atoms. The Balaban J connectivity index is 2.70. The molecule has 0 saturated heterocycles. The summed E-state index contributed by atoms with van der Waals surface area (Å²) >= 11 is 4.87. The molecule has 1 unspecified atom stereocenters. The first-order valence-corrected chi connectivity index (χ1v) is 4.83. The van der Waals surface area contributed by atoms with Gasteiger partial charge in [0.2, 0.25) is 0 Å². The van der Waals surface area contributed by atoms with Gasteiger partial charge in [-0.1, -0.05) is 6.92 Å². The lowest BCUT2D eigenvalue weighted by atomic mass is 10.1. The van der Waals surface area contributed by atoms with Gasteiger partial charge in [0.25, 0.3) is 0 Å². The SMILES string of the molecule is CC(CC#N)c1cnc(Br)s1. The molecule has 0 aromatic carbocycles. The quantitative estimate of drug-likeness (QED) is 0.784. The Morgan fingerprint density at radius 3 is 3.09 bits per heavy atom. The largest absolute Gasteiger partial charge is 0.237 e. The van der Waals surface area contributed by atoms with Crippen LogP contribution in [0, 0.1) is 11.3 Å². The Kier molecular flexibility index (Phi) is 3.03. The Morgan fingerprint density at radius 1 is 1.91 bits per heavy atom. The van der Waals surface area contributed by atoms with Crippen molar-refractivity contribution in [2.75, 3.05) is 0 Å². The topological polar surface area (TPSA) is 36.7 Å². The van der Waals surface area contributed by atoms with Gasteiger partial charge in [0, 0.05) is 23.4 Å². The molecule has 1 aromatic rings. The van der Waals surface area contributed by atoms with Gasteiger partial charge in [-0.25, -0.2) is 4.98 Å². The summed E-state index contributed by atoms with van der Waals surface area (Å²) in [5.74, 6) is 0.309. The normalized spacial score (nSPS) is 12.5. The minimum atomic E-state index is 0.309. The van der Waals surface area contributed by atoms with Crippen molar-refractivity contribution in [3.05, 3.63) is 15.0 Å². The van der Waals surface area contributed by atoms with Crippen LogP contribution in [0.4, 0.5) is 0 Å². The summed E-state index contributed by atoms with van der Waals surface area (Å²) in [6.07, 6.45) is 2.38. The van der Waals surface area contributed by atoms with E-state index in [4.69, 9.17) is 5.26 Å². The number of thiazole rings is 1. The summed E-state index contributed by atoms with van der Waals surface area (Å²) in [7, 11) is 0. The molecule has 4 heteroatoms. The van der Waals surface area contributed by atoms with Gasteiger partial charge in [-0.05, 0) is 15.9 Å². The van der Waals surface area contributed by atoms with E-state index in [-0.39, 0.29) is 0 Å². The minimum Gasteiger partial charge on any atom is -0.237 e. The molecule has 1 atom stereocenters. The molecule has 0 saturated carbocycles. The molecule has 0 bridgehead atoms. The molecule has 0 radical (unpaired) electrons. The van der Waals surface area contributed by atoms with Crippen LogP contribution in [0.1, 0.15) is 24.1 Å². The lowest BCUT2D eigenvalue weighted by Gasteiger charge is -1.99. The van der Waals surface area contributed by atoms with Crippen molar-refractivity contribution in [3.8, 4) is 6.07 Å². The average Bonchev–Trinajstić information content (AvgIpc) is 2.36. The molecule has 0 fully saturated rings. The summed E-state index contributed by atoms with van der Waals surface area (Å²) < 4.78 is 0.886. The first-order chi connectivity index (χ1) is 5.24. The lowest BCUT2D eigenvalue weighted by Crippen LogP contribution is -1.86. The zero-order chi connectivity index (χ0) is 8.27. The second-order valence-electron chi connectivity index (χ2n) is 2.28. The number of rotatable bonds is 2. The highest BCUT2D eigenvalue weighted by atomic mass is 79.9. The number of hydrogen-bond acceptors (Lipinski definition) is 3. The van der Waals surface area contributed by atoms with E-state index in [0.717, 1.165) is 3.92 Å². The third-order valence-electron chi connectivity index (χ3n) is 1.38. The van der Waals surface area contributed by atoms with Crippen molar-refractivity contribution >= 4 is 27.3 Å². The van der Waals surface area contributed by atoms with Crippen molar-refractivity contribution < 1.29 is 0 Å². The molecule has 58 valence electrons. The second kappa shape index (κ2) is 3.84. The highest BCUT2D eigenvalue weighted by Gasteiger charge is 2.07. The monoisotopic (exact) mass is 230 g/mol. The Hall–Kier alpha value is -0.400. The summed E-state index contributed by atoms with van der Waals surface area (Å²) in [5.41, 5.74) is 0. The van der Waals surface area contributed by atoms with E-state index >= 15 is 0 Å². The standard InChI is InChI=1S/C7H7BrN2S/c1-5(2-3-9)6-4-10-7(8)11-6/h4-5H,2H2,1H3. The van der Waals surface area contributed by atoms with Gasteiger partial charge >= 0.3 is 0 Å². The van der Waals surface area contributed by atoms with Crippen LogP contribution in [-0.2, 0) is 0 Å². The van der Waals surface area contributed by atoms with E-state index in [0.29, 0.717) is 12.3 Å². The fraction of sp³-hybridized carbons (Fsp3) is 0.429. The molecule has 1 heterocycles. The minimum absolute atomic E-state index is 0.309. The van der Waals surface area contributed by atoms with Gasteiger partial charge in [-0.2, -0.15) is 5.26 Å². The van der Waals surface area contributed by atoms with Crippen LogP contribution in [0.3, 0.4) is 0 Å². The van der Waals surface area contributed by atoms with E-state index in [9.17, 15) is 0 Å². The highest BCUT2D eigenvalue weighted by Crippen LogP contribution is 2.27. The summed E-state index contributed by atoms with van der Waals surface area (Å²) in [4.78, 5) is 5.21. The Morgan fingerprint density at radius 2 is 2.64 bits per heavy atom. The summed E-state index contributed by atoms with van der Waals surface area (Å²) in [6, 6.07) is 2.14. The zero-order valence-electron chi connectivity index (χ0n) is 6.04. The van der Waals surface area contributed by atoms with Gasteiger partial charge in [0.05, 0.1) is 6.07 Å². The van der Waals surface area contributed by atoms with E-state index in [1.54, 1.807) is 11.3 Å². The van der Waals surface area contributed by atoms with Crippen molar-refractivity contribution in [3.63, 3.8) is 0 Å². The number of hydrogen-bond donors (Lipinski definition) is 0. The lowest BCUT2D eigenvalue weighted by molar-refractivity contribution is 0.804. The molecule has 0 N–H and O–H groups in total. The Bertz CT molecular complexity index is 276. The molecule has 0 amide bonds. The van der Waals surface area contributed by atoms with E-state index < -0.39 is 0 Å². The maximum Gasteiger partial charge on any atom is 0.159 e. The van der Waals surface area contributed by atoms with Crippen molar-refractivity contribution in [1.29, 1.82) is 5.26 Å². The van der Waals surface area contributed by atoms with Crippen molar-refractivity contribution in [2.45, 2.75) is 19.3 Å². The molecule has 2 nitrogen and oxygen atoms in total. The fourth-order valence-corrected chi connectivity index (χ4v) is 2.08. The van der Waals surface area contributed by atoms with Crippen LogP contribution in [0.2, 0.25) is 0 Å². The first kappa shape index (κ1) is 8.69. The molecule has 1 rings (SSSR count). The molecule has 11 heavy (non-hydrogen) atoms. The van der Waals surface area contributed by atoms with Crippen LogP contribution in [0.5, 0.6) is 0 Å². The summed E-state index contributed by atoms with van der Waals surface area (Å²) in [5, 5.41) is 8.43. The predicted octanol–water partition coefficient (Wildman–Crippen LogP) is 2.92. The van der Waals surface area contributed by atoms with E-state index in [1.807, 2.05) is 13.1 Å². The van der Waals surface area contributed by atoms with Crippen LogP contribution < -0.4 is 0 Å². The average molecular weight is 231 g/mol. The number of nitriles is 1. The highest BCUT2D eigenvalue weighted by molar-refractivity contribution is 9.11. The first-order valence-electron chi connectivity index (χ1n) is 3.22. The van der Waals surface area contributed by atoms with E-state index in [1.165, 1.54) is 4.88 Å². The van der Waals surface area contributed by atoms with Gasteiger partial charge in [0.1, 0.15) is 0 Å². The van der Waals surface area contributed by atoms with Crippen LogP contribution in [0.25, 0.3) is 0 Å². The number of aromatic nitrogens is 1. The van der Waals surface area contributed by atoms with Gasteiger partial charge < -0.3 is 0 Å². The zero-order valence-corrected chi connectivity index (χ0v) is 8.44. The molecule has 0 aliphatic carbocycles. The van der Waals surface area contributed by atoms with Gasteiger partial charge in [-0.3, -0.25) is 0 Å². The fourth-order valence-electron chi connectivity index (χ4n) is 0.730. The number of nitrogens with zero attached hydrogens (tertiary/aromatic N) is 2. The molecular weight excluding hydrogens is 224 g/mol. The third-order valence-corrected chi connectivity index (χ3v) is 3.09. The number of halogens is 1. The van der Waals surface area contributed by atoms with E-state index in [2.05, 4.69) is 27.0 Å². The summed E-state index contributed by atoms with van der Waals surface area (Å²) in [6.45, 7) is 2.03. The third kappa shape index (κ3) is 2.28. The predicted molar refractivity (Wildman–Crippen MR) is 48.5 cm³/mol. The van der Waals surface area contributed by atoms with Gasteiger partial charge in [0.15, 0.2) is 3.92 Å². The molecule has 0 aliphatic rings. The Labute approximate surface area is 78.0 Å². The van der Waals surface area contributed by atoms with Crippen LogP contribution >= 0.6 is 27.3 Å². The van der Waals surface area contributed by atoms with Gasteiger partial charge in [-0.15, -0.1) is 11.3 Å². The maximum atomic E-state index is 8.43. The van der Waals surface area contributed by atoms with Crippen molar-refractivity contribution in [2.24, 2.45) is 0 Å². The second-order valence-corrected chi connectivity index (χ2v) is 4.62. The molecule has 1 aromatic heterocycles. The molecule has 0 aliphatic heterocycles. The maximum absolute atomic E-state index is 8.43. The van der Waals surface area contributed by atoms with Crippen LogP contribution in [-0.4, -0.2) is 4.98 Å². The van der Waals surface area contributed by atoms with Crippen molar-refractivity contribution in [1.82, 2.24) is 4.98 Å².